The molecule has 1 aliphatic heterocycles. The fourth-order valence-corrected chi connectivity index (χ4v) is 1.03. The monoisotopic (exact) mass is 153 g/mol. The van der Waals surface area contributed by atoms with Crippen LogP contribution < -0.4 is 5.32 Å². The van der Waals surface area contributed by atoms with Gasteiger partial charge >= 0.3 is 6.18 Å². The number of hydrogen-bond acceptors (Lipinski definition) is 1. The van der Waals surface area contributed by atoms with Gasteiger partial charge in [0.05, 0.1) is 0 Å². The van der Waals surface area contributed by atoms with Crippen LogP contribution >= 0.6 is 0 Å². The first-order valence-corrected chi connectivity index (χ1v) is 3.25. The van der Waals surface area contributed by atoms with E-state index >= 15 is 0 Å². The SMILES string of the molecule is CC(C)C1N[C@H]1C(F)(F)F. The molecule has 1 N–H and O–H groups in total. The van der Waals surface area contributed by atoms with Crippen molar-refractivity contribution in [3.05, 3.63) is 0 Å². The lowest BCUT2D eigenvalue weighted by atomic mass is 10.1. The molecule has 0 aromatic carbocycles. The Morgan fingerprint density at radius 3 is 1.90 bits per heavy atom. The van der Waals surface area contributed by atoms with Crippen LogP contribution in [0.4, 0.5) is 13.2 Å². The molecule has 0 aromatic heterocycles. The summed E-state index contributed by atoms with van der Waals surface area (Å²) in [5, 5.41) is 2.38. The van der Waals surface area contributed by atoms with E-state index in [1.165, 1.54) is 0 Å². The Kier molecular flexibility index (Phi) is 1.66. The average molecular weight is 153 g/mol. The van der Waals surface area contributed by atoms with Crippen molar-refractivity contribution in [1.29, 1.82) is 0 Å². The van der Waals surface area contributed by atoms with E-state index in [1.54, 1.807) is 13.8 Å². The van der Waals surface area contributed by atoms with Crippen molar-refractivity contribution in [2.24, 2.45) is 5.92 Å². The Morgan fingerprint density at radius 1 is 1.30 bits per heavy atom. The second kappa shape index (κ2) is 2.12. The molecule has 60 valence electrons. The molecule has 1 heterocycles. The van der Waals surface area contributed by atoms with Crippen LogP contribution in [0, 0.1) is 5.92 Å². The largest absolute Gasteiger partial charge is 0.405 e. The van der Waals surface area contributed by atoms with Gasteiger partial charge in [0, 0.05) is 6.04 Å². The summed E-state index contributed by atoms with van der Waals surface area (Å²) in [6.07, 6.45) is -4.05. The summed E-state index contributed by atoms with van der Waals surface area (Å²) in [6, 6.07) is -1.59. The van der Waals surface area contributed by atoms with Crippen molar-refractivity contribution < 1.29 is 13.2 Å². The van der Waals surface area contributed by atoms with Gasteiger partial charge in [-0.2, -0.15) is 13.2 Å². The van der Waals surface area contributed by atoms with Crippen molar-refractivity contribution >= 4 is 0 Å². The Hall–Kier alpha value is -0.250. The van der Waals surface area contributed by atoms with Gasteiger partial charge in [-0.3, -0.25) is 5.32 Å². The first-order chi connectivity index (χ1) is 4.43. The normalized spacial score (nSPS) is 33.0. The first kappa shape index (κ1) is 7.85. The molecule has 1 rings (SSSR count). The zero-order valence-electron chi connectivity index (χ0n) is 5.87. The van der Waals surface area contributed by atoms with Crippen molar-refractivity contribution in [1.82, 2.24) is 5.32 Å². The van der Waals surface area contributed by atoms with E-state index in [0.29, 0.717) is 0 Å². The van der Waals surface area contributed by atoms with Crippen molar-refractivity contribution in [3.8, 4) is 0 Å². The predicted molar refractivity (Wildman–Crippen MR) is 31.6 cm³/mol. The summed E-state index contributed by atoms with van der Waals surface area (Å²) in [7, 11) is 0. The van der Waals surface area contributed by atoms with Gasteiger partial charge in [-0.05, 0) is 5.92 Å². The second-order valence-corrected chi connectivity index (χ2v) is 2.96. The Balaban J connectivity index is 2.39. The molecule has 1 fully saturated rings. The Bertz CT molecular complexity index is 129. The van der Waals surface area contributed by atoms with Gasteiger partial charge in [0.25, 0.3) is 0 Å². The van der Waals surface area contributed by atoms with Gasteiger partial charge in [0.2, 0.25) is 0 Å². The molecule has 0 bridgehead atoms. The molecule has 1 aliphatic rings. The minimum atomic E-state index is -4.05. The standard InChI is InChI=1S/C6H10F3N/c1-3(2)4-5(10-4)6(7,8)9/h3-5,10H,1-2H3/t4?,5-/m1/s1. The van der Waals surface area contributed by atoms with E-state index in [9.17, 15) is 13.2 Å². The highest BCUT2D eigenvalue weighted by atomic mass is 19.4. The number of nitrogens with one attached hydrogen (secondary N) is 1. The Labute approximate surface area is 57.6 Å². The summed E-state index contributed by atoms with van der Waals surface area (Å²) >= 11 is 0. The molecule has 0 amide bonds. The molecular weight excluding hydrogens is 143 g/mol. The first-order valence-electron chi connectivity index (χ1n) is 3.25. The summed E-state index contributed by atoms with van der Waals surface area (Å²) < 4.78 is 35.4. The number of rotatable bonds is 1. The van der Waals surface area contributed by atoms with E-state index in [2.05, 4.69) is 5.32 Å². The van der Waals surface area contributed by atoms with Gasteiger partial charge in [0.15, 0.2) is 0 Å². The van der Waals surface area contributed by atoms with Crippen LogP contribution in [0.2, 0.25) is 0 Å². The Morgan fingerprint density at radius 2 is 1.80 bits per heavy atom. The molecule has 0 aromatic rings. The third-order valence-electron chi connectivity index (χ3n) is 1.69. The number of alkyl halides is 3. The van der Waals surface area contributed by atoms with Crippen LogP contribution in [0.25, 0.3) is 0 Å². The lowest BCUT2D eigenvalue weighted by Gasteiger charge is -2.03. The molecule has 0 aliphatic carbocycles. The maximum Gasteiger partial charge on any atom is 0.405 e. The molecule has 2 atom stereocenters. The van der Waals surface area contributed by atoms with Gasteiger partial charge in [-0.25, -0.2) is 0 Å². The van der Waals surface area contributed by atoms with E-state index in [-0.39, 0.29) is 12.0 Å². The van der Waals surface area contributed by atoms with E-state index in [1.807, 2.05) is 0 Å². The summed E-state index contributed by atoms with van der Waals surface area (Å²) in [5.74, 6) is 0.0756. The molecule has 0 radical (unpaired) electrons. The summed E-state index contributed by atoms with van der Waals surface area (Å²) in [4.78, 5) is 0. The lowest BCUT2D eigenvalue weighted by molar-refractivity contribution is -0.130. The minimum Gasteiger partial charge on any atom is -0.300 e. The van der Waals surface area contributed by atoms with Gasteiger partial charge < -0.3 is 0 Å². The van der Waals surface area contributed by atoms with Crippen molar-refractivity contribution in [3.63, 3.8) is 0 Å². The highest BCUT2D eigenvalue weighted by Crippen LogP contribution is 2.34. The molecule has 1 saturated heterocycles. The smallest absolute Gasteiger partial charge is 0.300 e. The van der Waals surface area contributed by atoms with E-state index in [4.69, 9.17) is 0 Å². The summed E-state index contributed by atoms with van der Waals surface area (Å²) in [6.45, 7) is 3.56. The molecule has 1 unspecified atom stereocenters. The van der Waals surface area contributed by atoms with Crippen LogP contribution in [0.3, 0.4) is 0 Å². The fourth-order valence-electron chi connectivity index (χ4n) is 1.03. The van der Waals surface area contributed by atoms with Crippen LogP contribution in [0.5, 0.6) is 0 Å². The third-order valence-corrected chi connectivity index (χ3v) is 1.69. The minimum absolute atomic E-state index is 0.0756. The highest BCUT2D eigenvalue weighted by molar-refractivity contribution is 5.04. The molecule has 1 nitrogen and oxygen atoms in total. The van der Waals surface area contributed by atoms with E-state index in [0.717, 1.165) is 0 Å². The van der Waals surface area contributed by atoms with Crippen LogP contribution in [0.15, 0.2) is 0 Å². The number of halogens is 3. The molecule has 10 heavy (non-hydrogen) atoms. The van der Waals surface area contributed by atoms with Gasteiger partial charge in [-0.15, -0.1) is 0 Å². The van der Waals surface area contributed by atoms with Crippen molar-refractivity contribution in [2.45, 2.75) is 32.1 Å². The maximum absolute atomic E-state index is 11.8. The topological polar surface area (TPSA) is 21.9 Å². The quantitative estimate of drug-likeness (QED) is 0.567. The fraction of sp³-hybridized carbons (Fsp3) is 1.00. The predicted octanol–water partition coefficient (Wildman–Crippen LogP) is 1.55. The van der Waals surface area contributed by atoms with Crippen LogP contribution in [0.1, 0.15) is 13.8 Å². The van der Waals surface area contributed by atoms with Gasteiger partial charge in [-0.1, -0.05) is 13.8 Å². The van der Waals surface area contributed by atoms with Gasteiger partial charge in [0.1, 0.15) is 6.04 Å². The average Bonchev–Trinajstić information content (AvgIpc) is 2.35. The van der Waals surface area contributed by atoms with Crippen LogP contribution in [-0.4, -0.2) is 18.3 Å². The molecule has 0 spiro atoms. The zero-order chi connectivity index (χ0) is 7.94. The summed E-state index contributed by atoms with van der Waals surface area (Å²) in [5.41, 5.74) is 0. The maximum atomic E-state index is 11.8. The highest BCUT2D eigenvalue weighted by Gasteiger charge is 2.56. The van der Waals surface area contributed by atoms with Crippen molar-refractivity contribution in [2.75, 3.05) is 0 Å². The van der Waals surface area contributed by atoms with E-state index < -0.39 is 12.2 Å². The third kappa shape index (κ3) is 1.42. The zero-order valence-corrected chi connectivity index (χ0v) is 5.87. The molecule has 0 saturated carbocycles. The molecule has 4 heteroatoms. The van der Waals surface area contributed by atoms with Crippen LogP contribution in [-0.2, 0) is 0 Å². The second-order valence-electron chi connectivity index (χ2n) is 2.96. The lowest BCUT2D eigenvalue weighted by Crippen LogP contribution is -2.21. The number of hydrogen-bond donors (Lipinski definition) is 1. The molecular formula is C6H10F3N.